The van der Waals surface area contributed by atoms with E-state index >= 15 is 0 Å². The van der Waals surface area contributed by atoms with E-state index in [1.54, 1.807) is 0 Å². The molecule has 1 amide bonds. The highest BCUT2D eigenvalue weighted by Crippen LogP contribution is 2.44. The number of rotatable bonds is 7. The standard InChI is InChI=1S/C30H25NO4/c32-29(33)28(18-20-9-8-12-22(17-20)21-10-2-1-3-11-21)31-30(34)35-19-27-25-15-6-4-13-23(25)24-14-5-7-16-26(24)27/h1-17,27-28H,18-19H2,(H,31,34)(H,32,33). The molecular formula is C30H25NO4. The number of hydrogen-bond donors (Lipinski definition) is 2. The second-order valence-corrected chi connectivity index (χ2v) is 8.63. The second kappa shape index (κ2) is 9.85. The Hall–Kier alpha value is -4.38. The third kappa shape index (κ3) is 4.80. The second-order valence-electron chi connectivity index (χ2n) is 8.63. The summed E-state index contributed by atoms with van der Waals surface area (Å²) >= 11 is 0. The number of hydrogen-bond acceptors (Lipinski definition) is 3. The lowest BCUT2D eigenvalue weighted by molar-refractivity contribution is -0.139. The predicted molar refractivity (Wildman–Crippen MR) is 135 cm³/mol. The van der Waals surface area contributed by atoms with Gasteiger partial charge in [-0.1, -0.05) is 103 Å². The van der Waals surface area contributed by atoms with Gasteiger partial charge in [-0.05, 0) is 38.9 Å². The Morgan fingerprint density at radius 3 is 2.03 bits per heavy atom. The normalized spacial score (nSPS) is 12.9. The molecule has 0 bridgehead atoms. The van der Waals surface area contributed by atoms with Crippen LogP contribution in [-0.4, -0.2) is 29.8 Å². The molecule has 5 nitrogen and oxygen atoms in total. The third-order valence-electron chi connectivity index (χ3n) is 6.41. The van der Waals surface area contributed by atoms with Gasteiger partial charge in [-0.3, -0.25) is 0 Å². The number of benzene rings is 4. The van der Waals surface area contributed by atoms with Crippen molar-refractivity contribution in [1.82, 2.24) is 5.32 Å². The van der Waals surface area contributed by atoms with E-state index < -0.39 is 18.1 Å². The zero-order valence-electron chi connectivity index (χ0n) is 19.1. The molecule has 35 heavy (non-hydrogen) atoms. The van der Waals surface area contributed by atoms with Crippen LogP contribution in [0.4, 0.5) is 4.79 Å². The van der Waals surface area contributed by atoms with Gasteiger partial charge in [0.2, 0.25) is 0 Å². The van der Waals surface area contributed by atoms with Crippen LogP contribution in [-0.2, 0) is 16.0 Å². The minimum atomic E-state index is -1.11. The number of ether oxygens (including phenoxy) is 1. The van der Waals surface area contributed by atoms with Crippen LogP contribution in [0.5, 0.6) is 0 Å². The number of alkyl carbamates (subject to hydrolysis) is 1. The maximum absolute atomic E-state index is 12.6. The number of carboxylic acid groups (broad SMARTS) is 1. The van der Waals surface area contributed by atoms with E-state index in [0.717, 1.165) is 38.9 Å². The van der Waals surface area contributed by atoms with E-state index in [9.17, 15) is 14.7 Å². The smallest absolute Gasteiger partial charge is 0.407 e. The van der Waals surface area contributed by atoms with Crippen molar-refractivity contribution in [3.63, 3.8) is 0 Å². The number of aliphatic carboxylic acids is 1. The third-order valence-corrected chi connectivity index (χ3v) is 6.41. The molecule has 0 fully saturated rings. The molecule has 4 aromatic rings. The van der Waals surface area contributed by atoms with Gasteiger partial charge in [0.1, 0.15) is 12.6 Å². The maximum Gasteiger partial charge on any atom is 0.407 e. The monoisotopic (exact) mass is 463 g/mol. The predicted octanol–water partition coefficient (Wildman–Crippen LogP) is 5.89. The van der Waals surface area contributed by atoms with Crippen LogP contribution in [0.1, 0.15) is 22.6 Å². The largest absolute Gasteiger partial charge is 0.480 e. The van der Waals surface area contributed by atoms with Crippen LogP contribution in [0, 0.1) is 0 Å². The summed E-state index contributed by atoms with van der Waals surface area (Å²) in [5.41, 5.74) is 7.34. The van der Waals surface area contributed by atoms with Crippen molar-refractivity contribution < 1.29 is 19.4 Å². The van der Waals surface area contributed by atoms with E-state index in [1.807, 2.05) is 91.0 Å². The van der Waals surface area contributed by atoms with Gasteiger partial charge in [-0.2, -0.15) is 0 Å². The van der Waals surface area contributed by atoms with Gasteiger partial charge in [0.25, 0.3) is 0 Å². The summed E-state index contributed by atoms with van der Waals surface area (Å²) in [6, 6.07) is 32.6. The summed E-state index contributed by atoms with van der Waals surface area (Å²) in [6.45, 7) is 0.135. The number of carboxylic acids is 1. The Morgan fingerprint density at radius 1 is 0.771 bits per heavy atom. The van der Waals surface area contributed by atoms with Crippen molar-refractivity contribution in [3.8, 4) is 22.3 Å². The van der Waals surface area contributed by atoms with Gasteiger partial charge >= 0.3 is 12.1 Å². The van der Waals surface area contributed by atoms with Crippen molar-refractivity contribution in [2.24, 2.45) is 0 Å². The van der Waals surface area contributed by atoms with E-state index in [1.165, 1.54) is 0 Å². The van der Waals surface area contributed by atoms with Gasteiger partial charge in [-0.25, -0.2) is 9.59 Å². The van der Waals surface area contributed by atoms with E-state index in [0.29, 0.717) is 0 Å². The van der Waals surface area contributed by atoms with Crippen LogP contribution >= 0.6 is 0 Å². The van der Waals surface area contributed by atoms with Crippen molar-refractivity contribution in [1.29, 1.82) is 0 Å². The van der Waals surface area contributed by atoms with Crippen LogP contribution < -0.4 is 5.32 Å². The van der Waals surface area contributed by atoms with Crippen molar-refractivity contribution >= 4 is 12.1 Å². The minimum absolute atomic E-state index is 0.0843. The zero-order valence-corrected chi connectivity index (χ0v) is 19.1. The summed E-state index contributed by atoms with van der Waals surface area (Å²) < 4.78 is 5.54. The Kier molecular flexibility index (Phi) is 6.31. The van der Waals surface area contributed by atoms with Gasteiger partial charge < -0.3 is 15.2 Å². The first-order valence-corrected chi connectivity index (χ1v) is 11.6. The number of carbonyl (C=O) groups is 2. The SMILES string of the molecule is O=C(NC(Cc1cccc(-c2ccccc2)c1)C(=O)O)OCC1c2ccccc2-c2ccccc21. The molecule has 0 heterocycles. The minimum Gasteiger partial charge on any atom is -0.480 e. The van der Waals surface area contributed by atoms with E-state index in [-0.39, 0.29) is 18.9 Å². The fourth-order valence-corrected chi connectivity index (χ4v) is 4.73. The lowest BCUT2D eigenvalue weighted by Gasteiger charge is -2.18. The molecule has 0 saturated carbocycles. The summed E-state index contributed by atoms with van der Waals surface area (Å²) in [4.78, 5) is 24.5. The molecule has 174 valence electrons. The Morgan fingerprint density at radius 2 is 1.37 bits per heavy atom. The molecule has 1 aliphatic carbocycles. The molecular weight excluding hydrogens is 438 g/mol. The average Bonchev–Trinajstić information content (AvgIpc) is 3.21. The fourth-order valence-electron chi connectivity index (χ4n) is 4.73. The van der Waals surface area contributed by atoms with Crippen LogP contribution in [0.15, 0.2) is 103 Å². The van der Waals surface area contributed by atoms with E-state index in [4.69, 9.17) is 4.74 Å². The molecule has 1 unspecified atom stereocenters. The zero-order chi connectivity index (χ0) is 24.2. The molecule has 0 spiro atoms. The van der Waals surface area contributed by atoms with Crippen LogP contribution in [0.25, 0.3) is 22.3 Å². The molecule has 1 atom stereocenters. The maximum atomic E-state index is 12.6. The van der Waals surface area contributed by atoms with Gasteiger partial charge in [0, 0.05) is 12.3 Å². The molecule has 0 radical (unpaired) electrons. The number of carbonyl (C=O) groups excluding carboxylic acids is 1. The van der Waals surface area contributed by atoms with Crippen molar-refractivity contribution in [2.75, 3.05) is 6.61 Å². The molecule has 0 aromatic heterocycles. The lowest BCUT2D eigenvalue weighted by Crippen LogP contribution is -2.42. The molecule has 0 aliphatic heterocycles. The van der Waals surface area contributed by atoms with Gasteiger partial charge in [-0.15, -0.1) is 0 Å². The molecule has 4 aromatic carbocycles. The first kappa shape index (κ1) is 22.4. The highest BCUT2D eigenvalue weighted by Gasteiger charge is 2.29. The summed E-state index contributed by atoms with van der Waals surface area (Å²) in [7, 11) is 0. The van der Waals surface area contributed by atoms with Crippen molar-refractivity contribution in [2.45, 2.75) is 18.4 Å². The molecule has 1 aliphatic rings. The van der Waals surface area contributed by atoms with E-state index in [2.05, 4.69) is 17.4 Å². The Balaban J connectivity index is 1.26. The summed E-state index contributed by atoms with van der Waals surface area (Å²) in [5, 5.41) is 12.3. The highest BCUT2D eigenvalue weighted by molar-refractivity contribution is 5.81. The van der Waals surface area contributed by atoms with Crippen molar-refractivity contribution in [3.05, 3.63) is 120 Å². The van der Waals surface area contributed by atoms with Gasteiger partial charge in [0.15, 0.2) is 0 Å². The summed E-state index contributed by atoms with van der Waals surface area (Å²) in [6.07, 6.45) is -0.585. The Bertz CT molecular complexity index is 1320. The van der Waals surface area contributed by atoms with Crippen LogP contribution in [0.2, 0.25) is 0 Å². The first-order valence-electron chi connectivity index (χ1n) is 11.6. The number of nitrogens with one attached hydrogen (secondary N) is 1. The van der Waals surface area contributed by atoms with Gasteiger partial charge in [0.05, 0.1) is 0 Å². The molecule has 2 N–H and O–H groups in total. The molecule has 5 heteroatoms. The molecule has 5 rings (SSSR count). The number of amides is 1. The van der Waals surface area contributed by atoms with Crippen LogP contribution in [0.3, 0.4) is 0 Å². The Labute approximate surface area is 204 Å². The number of fused-ring (bicyclic) bond motifs is 3. The fraction of sp³-hybridized carbons (Fsp3) is 0.133. The first-order chi connectivity index (χ1) is 17.1. The topological polar surface area (TPSA) is 75.6 Å². The molecule has 0 saturated heterocycles. The highest BCUT2D eigenvalue weighted by atomic mass is 16.5. The summed E-state index contributed by atoms with van der Waals surface area (Å²) in [5.74, 6) is -1.19. The lowest BCUT2D eigenvalue weighted by atomic mass is 9.98. The quantitative estimate of drug-likeness (QED) is 0.358. The average molecular weight is 464 g/mol.